The van der Waals surface area contributed by atoms with Crippen LogP contribution in [0.1, 0.15) is 0 Å². The minimum Gasteiger partial charge on any atom is -0.206 e. The SMILES string of the molecule is Fc1ccc(Cl)c2c1ccc1ccc3ccccc3c12. The number of benzene rings is 4. The van der Waals surface area contributed by atoms with Crippen LogP contribution in [0.5, 0.6) is 0 Å². The van der Waals surface area contributed by atoms with Crippen molar-refractivity contribution in [2.45, 2.75) is 0 Å². The molecular formula is C18H10ClF. The highest BCUT2D eigenvalue weighted by atomic mass is 35.5. The molecule has 96 valence electrons. The van der Waals surface area contributed by atoms with Gasteiger partial charge >= 0.3 is 0 Å². The second-order valence-electron chi connectivity index (χ2n) is 4.90. The molecule has 0 saturated heterocycles. The minimum absolute atomic E-state index is 0.237. The zero-order valence-electron chi connectivity index (χ0n) is 10.5. The van der Waals surface area contributed by atoms with Crippen molar-refractivity contribution in [1.29, 1.82) is 0 Å². The predicted molar refractivity (Wildman–Crippen MR) is 83.9 cm³/mol. The van der Waals surface area contributed by atoms with Crippen molar-refractivity contribution >= 4 is 43.9 Å². The first-order chi connectivity index (χ1) is 9.75. The number of halogens is 2. The van der Waals surface area contributed by atoms with Gasteiger partial charge in [-0.05, 0) is 33.7 Å². The van der Waals surface area contributed by atoms with E-state index in [2.05, 4.69) is 24.3 Å². The van der Waals surface area contributed by atoms with Crippen LogP contribution in [0.2, 0.25) is 5.02 Å². The summed E-state index contributed by atoms with van der Waals surface area (Å²) in [7, 11) is 0. The first-order valence-corrected chi connectivity index (χ1v) is 6.82. The fourth-order valence-electron chi connectivity index (χ4n) is 2.86. The molecule has 0 aliphatic rings. The average Bonchev–Trinajstić information content (AvgIpc) is 2.50. The summed E-state index contributed by atoms with van der Waals surface area (Å²) in [5.74, 6) is -0.237. The molecular weight excluding hydrogens is 271 g/mol. The molecule has 0 radical (unpaired) electrons. The molecule has 0 atom stereocenters. The van der Waals surface area contributed by atoms with Gasteiger partial charge in [0, 0.05) is 15.8 Å². The second-order valence-corrected chi connectivity index (χ2v) is 5.31. The zero-order valence-corrected chi connectivity index (χ0v) is 11.3. The Morgan fingerprint density at radius 3 is 2.30 bits per heavy atom. The van der Waals surface area contributed by atoms with Crippen molar-refractivity contribution in [2.75, 3.05) is 0 Å². The maximum absolute atomic E-state index is 14.0. The van der Waals surface area contributed by atoms with E-state index in [1.807, 2.05) is 18.2 Å². The van der Waals surface area contributed by atoms with E-state index >= 15 is 0 Å². The van der Waals surface area contributed by atoms with Crippen molar-refractivity contribution in [3.8, 4) is 0 Å². The maximum Gasteiger partial charge on any atom is 0.131 e. The Bertz CT molecular complexity index is 973. The molecule has 0 spiro atoms. The van der Waals surface area contributed by atoms with Gasteiger partial charge in [-0.2, -0.15) is 0 Å². The molecule has 0 fully saturated rings. The van der Waals surface area contributed by atoms with Gasteiger partial charge in [0.2, 0.25) is 0 Å². The molecule has 0 aliphatic carbocycles. The molecule has 0 nitrogen and oxygen atoms in total. The molecule has 0 aliphatic heterocycles. The van der Waals surface area contributed by atoms with Gasteiger partial charge in [-0.25, -0.2) is 4.39 Å². The van der Waals surface area contributed by atoms with Crippen molar-refractivity contribution in [3.05, 3.63) is 71.5 Å². The summed E-state index contributed by atoms with van der Waals surface area (Å²) in [6.07, 6.45) is 0. The zero-order chi connectivity index (χ0) is 13.7. The number of fused-ring (bicyclic) bond motifs is 5. The summed E-state index contributed by atoms with van der Waals surface area (Å²) in [5, 5.41) is 6.27. The van der Waals surface area contributed by atoms with Crippen LogP contribution in [0, 0.1) is 5.82 Å². The third kappa shape index (κ3) is 1.53. The van der Waals surface area contributed by atoms with Crippen LogP contribution in [0.4, 0.5) is 4.39 Å². The quantitative estimate of drug-likeness (QED) is 0.350. The Kier molecular flexibility index (Phi) is 2.45. The average molecular weight is 281 g/mol. The lowest BCUT2D eigenvalue weighted by atomic mass is 9.96. The van der Waals surface area contributed by atoms with E-state index in [4.69, 9.17) is 11.6 Å². The third-order valence-corrected chi connectivity index (χ3v) is 4.10. The Hall–Kier alpha value is -2.12. The highest BCUT2D eigenvalue weighted by molar-refractivity contribution is 6.39. The van der Waals surface area contributed by atoms with Crippen LogP contribution in [0.3, 0.4) is 0 Å². The lowest BCUT2D eigenvalue weighted by Gasteiger charge is -2.10. The van der Waals surface area contributed by atoms with Gasteiger partial charge in [0.15, 0.2) is 0 Å². The standard InChI is InChI=1S/C18H10ClF/c19-15-9-10-16(20)14-8-7-12-6-5-11-3-1-2-4-13(11)17(12)18(14)15/h1-10H. The number of hydrogen-bond donors (Lipinski definition) is 0. The molecule has 20 heavy (non-hydrogen) atoms. The van der Waals surface area contributed by atoms with Gasteiger partial charge in [-0.3, -0.25) is 0 Å². The van der Waals surface area contributed by atoms with Gasteiger partial charge in [-0.1, -0.05) is 60.1 Å². The molecule has 4 aromatic rings. The van der Waals surface area contributed by atoms with E-state index in [1.54, 1.807) is 12.1 Å². The van der Waals surface area contributed by atoms with E-state index in [0.717, 1.165) is 26.9 Å². The minimum atomic E-state index is -0.237. The fraction of sp³-hybridized carbons (Fsp3) is 0. The normalized spacial score (nSPS) is 11.5. The predicted octanol–water partition coefficient (Wildman–Crippen LogP) is 5.94. The van der Waals surface area contributed by atoms with Crippen molar-refractivity contribution in [2.24, 2.45) is 0 Å². The van der Waals surface area contributed by atoms with E-state index in [0.29, 0.717) is 10.4 Å². The topological polar surface area (TPSA) is 0 Å². The number of rotatable bonds is 0. The van der Waals surface area contributed by atoms with Crippen LogP contribution in [0.25, 0.3) is 32.3 Å². The van der Waals surface area contributed by atoms with Crippen LogP contribution >= 0.6 is 11.6 Å². The summed E-state index contributed by atoms with van der Waals surface area (Å²) >= 11 is 6.34. The molecule has 0 N–H and O–H groups in total. The van der Waals surface area contributed by atoms with Crippen LogP contribution in [0.15, 0.2) is 60.7 Å². The number of hydrogen-bond acceptors (Lipinski definition) is 0. The fourth-order valence-corrected chi connectivity index (χ4v) is 3.12. The van der Waals surface area contributed by atoms with Crippen LogP contribution in [-0.4, -0.2) is 0 Å². The smallest absolute Gasteiger partial charge is 0.131 e. The van der Waals surface area contributed by atoms with E-state index in [9.17, 15) is 4.39 Å². The van der Waals surface area contributed by atoms with E-state index < -0.39 is 0 Å². The molecule has 2 heteroatoms. The Morgan fingerprint density at radius 1 is 0.650 bits per heavy atom. The summed E-state index contributed by atoms with van der Waals surface area (Å²) < 4.78 is 14.0. The van der Waals surface area contributed by atoms with E-state index in [1.165, 1.54) is 6.07 Å². The highest BCUT2D eigenvalue weighted by Gasteiger charge is 2.10. The van der Waals surface area contributed by atoms with Crippen molar-refractivity contribution in [1.82, 2.24) is 0 Å². The monoisotopic (exact) mass is 280 g/mol. The first kappa shape index (κ1) is 11.7. The third-order valence-electron chi connectivity index (χ3n) is 3.78. The van der Waals surface area contributed by atoms with Gasteiger partial charge in [0.25, 0.3) is 0 Å². The summed E-state index contributed by atoms with van der Waals surface area (Å²) in [6, 6.07) is 19.0. The van der Waals surface area contributed by atoms with E-state index in [-0.39, 0.29) is 5.82 Å². The van der Waals surface area contributed by atoms with Crippen LogP contribution < -0.4 is 0 Å². The van der Waals surface area contributed by atoms with Gasteiger partial charge in [0.1, 0.15) is 5.82 Å². The van der Waals surface area contributed by atoms with Crippen molar-refractivity contribution < 1.29 is 4.39 Å². The molecule has 4 aromatic carbocycles. The largest absolute Gasteiger partial charge is 0.206 e. The van der Waals surface area contributed by atoms with Gasteiger partial charge < -0.3 is 0 Å². The molecule has 0 unspecified atom stereocenters. The highest BCUT2D eigenvalue weighted by Crippen LogP contribution is 2.36. The Balaban J connectivity index is 2.40. The molecule has 0 aromatic heterocycles. The molecule has 0 bridgehead atoms. The lowest BCUT2D eigenvalue weighted by Crippen LogP contribution is -1.85. The Morgan fingerprint density at radius 2 is 1.40 bits per heavy atom. The summed E-state index contributed by atoms with van der Waals surface area (Å²) in [5.41, 5.74) is 0. The van der Waals surface area contributed by atoms with Crippen molar-refractivity contribution in [3.63, 3.8) is 0 Å². The lowest BCUT2D eigenvalue weighted by molar-refractivity contribution is 0.640. The Labute approximate surface area is 120 Å². The van der Waals surface area contributed by atoms with Gasteiger partial charge in [0.05, 0.1) is 0 Å². The van der Waals surface area contributed by atoms with Crippen LogP contribution in [-0.2, 0) is 0 Å². The molecule has 0 heterocycles. The molecule has 0 amide bonds. The molecule has 4 rings (SSSR count). The maximum atomic E-state index is 14.0. The molecule has 0 saturated carbocycles. The summed E-state index contributed by atoms with van der Waals surface area (Å²) in [4.78, 5) is 0. The second kappa shape index (κ2) is 4.19. The first-order valence-electron chi connectivity index (χ1n) is 6.44. The van der Waals surface area contributed by atoms with Gasteiger partial charge in [-0.15, -0.1) is 0 Å². The summed E-state index contributed by atoms with van der Waals surface area (Å²) in [6.45, 7) is 0.